The van der Waals surface area contributed by atoms with Crippen LogP contribution in [0.15, 0.2) is 29.3 Å². The number of hydrogen-bond donors (Lipinski definition) is 3. The van der Waals surface area contributed by atoms with E-state index in [1.165, 1.54) is 19.4 Å². The highest BCUT2D eigenvalue weighted by Crippen LogP contribution is 2.15. The second-order valence-electron chi connectivity index (χ2n) is 6.62. The van der Waals surface area contributed by atoms with Gasteiger partial charge in [0.25, 0.3) is 5.91 Å². The molecule has 1 fully saturated rings. The third-order valence-corrected chi connectivity index (χ3v) is 4.74. The summed E-state index contributed by atoms with van der Waals surface area (Å²) in [5.74, 6) is 1.37. The normalized spacial score (nSPS) is 17.0. The smallest absolute Gasteiger partial charge is 0.257 e. The molecule has 0 bridgehead atoms. The molecule has 0 aromatic heterocycles. The molecule has 1 atom stereocenters. The number of carbonyl (C=O) groups excluding carboxylic acids is 1. The number of likely N-dealkylation sites (tertiary alicyclic amines) is 1. The molecule has 1 amide bonds. The Morgan fingerprint density at radius 3 is 2.82 bits per heavy atom. The van der Waals surface area contributed by atoms with E-state index in [0.717, 1.165) is 24.6 Å². The van der Waals surface area contributed by atoms with Gasteiger partial charge in [-0.05, 0) is 50.6 Å². The van der Waals surface area contributed by atoms with Gasteiger partial charge in [-0.3, -0.25) is 14.7 Å². The second kappa shape index (κ2) is 13.6. The number of hydrogen-bond acceptors (Lipinski definition) is 4. The van der Waals surface area contributed by atoms with Crippen LogP contribution in [0.1, 0.15) is 32.3 Å². The third kappa shape index (κ3) is 8.22. The lowest BCUT2D eigenvalue weighted by molar-refractivity contribution is -0.122. The fourth-order valence-electron chi connectivity index (χ4n) is 3.31. The molecule has 0 saturated carbocycles. The van der Waals surface area contributed by atoms with Gasteiger partial charge in [0.05, 0.1) is 0 Å². The molecule has 1 aromatic rings. The summed E-state index contributed by atoms with van der Waals surface area (Å²) < 4.78 is 5.54. The molecule has 0 radical (unpaired) electrons. The van der Waals surface area contributed by atoms with Crippen molar-refractivity contribution in [2.45, 2.75) is 39.3 Å². The molecule has 0 spiro atoms. The number of amides is 1. The van der Waals surface area contributed by atoms with Crippen LogP contribution in [-0.4, -0.2) is 62.6 Å². The minimum Gasteiger partial charge on any atom is -0.484 e. The van der Waals surface area contributed by atoms with Gasteiger partial charge < -0.3 is 20.7 Å². The maximum atomic E-state index is 11.5. The Morgan fingerprint density at radius 1 is 1.29 bits per heavy atom. The molecule has 1 saturated heterocycles. The Balaban J connectivity index is 0.00000392. The van der Waals surface area contributed by atoms with E-state index in [4.69, 9.17) is 4.74 Å². The van der Waals surface area contributed by atoms with Gasteiger partial charge in [-0.15, -0.1) is 24.0 Å². The van der Waals surface area contributed by atoms with Crippen molar-refractivity contribution < 1.29 is 9.53 Å². The van der Waals surface area contributed by atoms with Crippen molar-refractivity contribution >= 4 is 35.8 Å². The first kappa shape index (κ1) is 24.5. The number of guanidine groups is 1. The lowest BCUT2D eigenvalue weighted by Crippen LogP contribution is -2.44. The molecule has 1 aromatic carbocycles. The highest BCUT2D eigenvalue weighted by molar-refractivity contribution is 14.0. The standard InChI is InChI=1S/C20H33N5O2.HI/c1-4-22-19(26)15-27-18-10-6-8-16(12-18)13-23-20(21-3)24-14-17-9-7-11-25(17)5-2;/h6,8,10,12,17H,4-5,7,9,11,13-15H2,1-3H3,(H,22,26)(H2,21,23,24);1H. The number of carbonyl (C=O) groups is 1. The average Bonchev–Trinajstić information content (AvgIpc) is 3.15. The summed E-state index contributed by atoms with van der Waals surface area (Å²) >= 11 is 0. The Kier molecular flexibility index (Phi) is 11.9. The van der Waals surface area contributed by atoms with Crippen LogP contribution in [0.4, 0.5) is 0 Å². The first-order valence-electron chi connectivity index (χ1n) is 9.83. The second-order valence-corrected chi connectivity index (χ2v) is 6.62. The Hall–Kier alpha value is -1.55. The summed E-state index contributed by atoms with van der Waals surface area (Å²) in [6.45, 7) is 8.57. The molecule has 3 N–H and O–H groups in total. The third-order valence-electron chi connectivity index (χ3n) is 4.74. The van der Waals surface area contributed by atoms with Crippen molar-refractivity contribution in [2.75, 3.05) is 39.8 Å². The van der Waals surface area contributed by atoms with Crippen LogP contribution in [-0.2, 0) is 11.3 Å². The minimum absolute atomic E-state index is 0. The van der Waals surface area contributed by atoms with E-state index >= 15 is 0 Å². The zero-order valence-corrected chi connectivity index (χ0v) is 19.5. The van der Waals surface area contributed by atoms with Crippen molar-refractivity contribution in [3.63, 3.8) is 0 Å². The van der Waals surface area contributed by atoms with Crippen LogP contribution in [0.25, 0.3) is 0 Å². The number of benzene rings is 1. The zero-order valence-electron chi connectivity index (χ0n) is 17.2. The molecule has 0 aliphatic carbocycles. The number of aliphatic imine (C=N–C) groups is 1. The number of ether oxygens (including phenoxy) is 1. The summed E-state index contributed by atoms with van der Waals surface area (Å²) in [7, 11) is 1.79. The molecule has 1 unspecified atom stereocenters. The summed E-state index contributed by atoms with van der Waals surface area (Å²) in [5, 5.41) is 9.49. The van der Waals surface area contributed by atoms with Gasteiger partial charge in [-0.25, -0.2) is 0 Å². The molecule has 8 heteroatoms. The Morgan fingerprint density at radius 2 is 2.11 bits per heavy atom. The number of halogens is 1. The van der Waals surface area contributed by atoms with Crippen LogP contribution in [0.2, 0.25) is 0 Å². The minimum atomic E-state index is -0.112. The van der Waals surface area contributed by atoms with E-state index in [9.17, 15) is 4.79 Å². The monoisotopic (exact) mass is 503 g/mol. The van der Waals surface area contributed by atoms with Gasteiger partial charge in [0.1, 0.15) is 5.75 Å². The highest BCUT2D eigenvalue weighted by Gasteiger charge is 2.22. The lowest BCUT2D eigenvalue weighted by Gasteiger charge is -2.24. The first-order valence-corrected chi connectivity index (χ1v) is 9.83. The Bertz CT molecular complexity index is 626. The number of rotatable bonds is 9. The fraction of sp³-hybridized carbons (Fsp3) is 0.600. The van der Waals surface area contributed by atoms with Gasteiger partial charge >= 0.3 is 0 Å². The van der Waals surface area contributed by atoms with Crippen LogP contribution >= 0.6 is 24.0 Å². The number of nitrogens with one attached hydrogen (secondary N) is 3. The molecule has 1 aliphatic rings. The van der Waals surface area contributed by atoms with Crippen LogP contribution < -0.4 is 20.7 Å². The topological polar surface area (TPSA) is 78.0 Å². The SMILES string of the molecule is CCNC(=O)COc1cccc(CNC(=NC)NCC2CCCN2CC)c1.I. The summed E-state index contributed by atoms with van der Waals surface area (Å²) in [6, 6.07) is 8.33. The predicted octanol–water partition coefficient (Wildman–Crippen LogP) is 1.97. The molecule has 158 valence electrons. The van der Waals surface area contributed by atoms with E-state index in [-0.39, 0.29) is 36.5 Å². The first-order chi connectivity index (χ1) is 13.2. The van der Waals surface area contributed by atoms with Crippen molar-refractivity contribution in [2.24, 2.45) is 4.99 Å². The maximum Gasteiger partial charge on any atom is 0.257 e. The van der Waals surface area contributed by atoms with Gasteiger partial charge in [-0.2, -0.15) is 0 Å². The molecular weight excluding hydrogens is 469 g/mol. The van der Waals surface area contributed by atoms with Crippen LogP contribution in [0, 0.1) is 0 Å². The van der Waals surface area contributed by atoms with Crippen molar-refractivity contribution in [1.29, 1.82) is 0 Å². The summed E-state index contributed by atoms with van der Waals surface area (Å²) in [6.07, 6.45) is 2.51. The van der Waals surface area contributed by atoms with Crippen LogP contribution in [0.5, 0.6) is 5.75 Å². The van der Waals surface area contributed by atoms with Gasteiger partial charge in [-0.1, -0.05) is 19.1 Å². The van der Waals surface area contributed by atoms with Gasteiger partial charge in [0, 0.05) is 32.7 Å². The molecule has 1 heterocycles. The molecule has 7 nitrogen and oxygen atoms in total. The highest BCUT2D eigenvalue weighted by atomic mass is 127. The summed E-state index contributed by atoms with van der Waals surface area (Å²) in [4.78, 5) is 18.3. The predicted molar refractivity (Wildman–Crippen MR) is 125 cm³/mol. The molecule has 2 rings (SSSR count). The van der Waals surface area contributed by atoms with Gasteiger partial charge in [0.2, 0.25) is 0 Å². The van der Waals surface area contributed by atoms with E-state index in [1.807, 2.05) is 31.2 Å². The summed E-state index contributed by atoms with van der Waals surface area (Å²) in [5.41, 5.74) is 1.07. The van der Waals surface area contributed by atoms with Gasteiger partial charge in [0.15, 0.2) is 12.6 Å². The number of nitrogens with zero attached hydrogens (tertiary/aromatic N) is 2. The van der Waals surface area contributed by atoms with Crippen molar-refractivity contribution in [3.8, 4) is 5.75 Å². The van der Waals surface area contributed by atoms with Crippen molar-refractivity contribution in [3.05, 3.63) is 29.8 Å². The fourth-order valence-corrected chi connectivity index (χ4v) is 3.31. The van der Waals surface area contributed by atoms with Crippen LogP contribution in [0.3, 0.4) is 0 Å². The average molecular weight is 503 g/mol. The lowest BCUT2D eigenvalue weighted by atomic mass is 10.2. The number of likely N-dealkylation sites (N-methyl/N-ethyl adjacent to an activating group) is 2. The molecular formula is C20H34IN5O2. The van der Waals surface area contributed by atoms with E-state index in [0.29, 0.717) is 24.9 Å². The maximum absolute atomic E-state index is 11.5. The van der Waals surface area contributed by atoms with E-state index < -0.39 is 0 Å². The Labute approximate surface area is 185 Å². The zero-order chi connectivity index (χ0) is 19.5. The quantitative estimate of drug-likeness (QED) is 0.273. The largest absolute Gasteiger partial charge is 0.484 e. The molecule has 28 heavy (non-hydrogen) atoms. The van der Waals surface area contributed by atoms with E-state index in [2.05, 4.69) is 32.8 Å². The van der Waals surface area contributed by atoms with Crippen molar-refractivity contribution in [1.82, 2.24) is 20.9 Å². The van der Waals surface area contributed by atoms with E-state index in [1.54, 1.807) is 7.05 Å². The molecule has 1 aliphatic heterocycles.